The lowest BCUT2D eigenvalue weighted by atomic mass is 9.50. The van der Waals surface area contributed by atoms with E-state index in [-0.39, 0.29) is 62.9 Å². The van der Waals surface area contributed by atoms with E-state index in [1.54, 1.807) is 20.3 Å². The molecule has 12 rings (SSSR count). The van der Waals surface area contributed by atoms with Gasteiger partial charge in [0.2, 0.25) is 11.8 Å². The zero-order chi connectivity index (χ0) is 71.7. The molecular weight excluding hydrogens is 1390 g/mol. The topological polar surface area (TPSA) is 212 Å². The zero-order valence-electron chi connectivity index (χ0n) is 54.6. The Balaban J connectivity index is 1.21. The number of amides is 2. The van der Waals surface area contributed by atoms with E-state index in [1.165, 1.54) is 22.7 Å². The first kappa shape index (κ1) is 71.3. The normalized spacial score (nSPS) is 14.9. The molecule has 2 amide bonds. The lowest BCUT2D eigenvalue weighted by Gasteiger charge is -2.22. The molecule has 0 fully saturated rings. The third-order valence-electron chi connectivity index (χ3n) is 17.0. The molecule has 4 heterocycles. The minimum atomic E-state index is -5.89. The van der Waals surface area contributed by atoms with Crippen LogP contribution < -0.4 is 62.2 Å². The van der Waals surface area contributed by atoms with Crippen molar-refractivity contribution in [1.29, 1.82) is 10.5 Å². The number of allylic oxidation sites excluding steroid dienone is 6. The van der Waals surface area contributed by atoms with Crippen molar-refractivity contribution in [2.75, 3.05) is 27.4 Å². The highest BCUT2D eigenvalue weighted by molar-refractivity contribution is 7.98. The van der Waals surface area contributed by atoms with E-state index < -0.39 is 64.9 Å². The highest BCUT2D eigenvalue weighted by atomic mass is 32.2. The highest BCUT2D eigenvalue weighted by Gasteiger charge is 2.47. The van der Waals surface area contributed by atoms with Gasteiger partial charge in [0.1, 0.15) is 56.3 Å². The summed E-state index contributed by atoms with van der Waals surface area (Å²) in [5, 5.41) is 29.0. The fourth-order valence-electron chi connectivity index (χ4n) is 12.5. The third-order valence-corrected chi connectivity index (χ3v) is 20.7. The maximum absolute atomic E-state index is 13.1. The smallest absolute Gasteiger partial charge is 0.497 e. The van der Waals surface area contributed by atoms with Crippen LogP contribution in [0.15, 0.2) is 206 Å². The number of aromatic nitrogens is 4. The largest absolute Gasteiger partial charge is 0.516 e. The Morgan fingerprint density at radius 1 is 0.569 bits per heavy atom. The second-order valence-electron chi connectivity index (χ2n) is 23.5. The summed E-state index contributed by atoms with van der Waals surface area (Å²) in [6.45, 7) is -1.35. The van der Waals surface area contributed by atoms with E-state index in [2.05, 4.69) is 21.1 Å². The van der Waals surface area contributed by atoms with Gasteiger partial charge in [-0.3, -0.25) is 14.3 Å². The standard InChI is InChI=1S/C74H60B2F6N8O8S4/c1-95-55-37-39-61-59(43-55)85-71(99-61)57(45-83)69-65-66(68(90(69)76(51-23-11-5-12-24-51)52-25-13-6-14-26-52)48-31-35-54(36-32-48)98-42-18-16-28-64(92)88-102(93,94)74(80,81)82)70(58(46-84)72-86-60-44-56(96-2)38-40-62(60)100-72)89(75(49-19-7-3-8-20-49)50-21-9-4-10-22-50)67(65)47-29-33-53(34-30-47)97-41-17-15-27-63(91)87-101-73(77,78)79/h3-14,19-26,29,31,33-40,43-44H,15-18,27-28,30,32,41-42H2,1-2H3,(H,87,91)(H,88,92)/b67-47?,68-48?,69-57-,70-58-. The van der Waals surface area contributed by atoms with Crippen molar-refractivity contribution in [1.82, 2.24) is 28.4 Å². The Bertz CT molecular complexity index is 5280. The average molecular weight is 1450 g/mol. The van der Waals surface area contributed by atoms with Gasteiger partial charge in [-0.05, 0) is 98.2 Å². The average Bonchev–Trinajstić information content (AvgIpc) is 1.52. The number of carbonyl (C=O) groups is 2. The summed E-state index contributed by atoms with van der Waals surface area (Å²) >= 11 is 2.05. The van der Waals surface area contributed by atoms with Gasteiger partial charge in [-0.25, -0.2) is 14.7 Å². The second-order valence-corrected chi connectivity index (χ2v) is 28.1. The summed E-state index contributed by atoms with van der Waals surface area (Å²) < 4.78 is 134. The van der Waals surface area contributed by atoms with Crippen LogP contribution in [0.4, 0.5) is 26.3 Å². The summed E-state index contributed by atoms with van der Waals surface area (Å²) in [5.74, 6) is -0.0799. The van der Waals surface area contributed by atoms with Crippen LogP contribution in [0, 0.1) is 22.7 Å². The summed E-state index contributed by atoms with van der Waals surface area (Å²) in [6, 6.07) is 56.0. The molecule has 0 saturated carbocycles. The maximum atomic E-state index is 13.1. The first-order valence-electron chi connectivity index (χ1n) is 32.1. The molecule has 0 radical (unpaired) electrons. The summed E-state index contributed by atoms with van der Waals surface area (Å²) in [5.41, 5.74) is -4.05. The number of fused-ring (bicyclic) bond motifs is 3. The number of unbranched alkanes of at least 4 members (excludes halogenated alkanes) is 2. The summed E-state index contributed by atoms with van der Waals surface area (Å²) in [4.78, 5) is 35.3. The number of alkyl halides is 6. The molecule has 16 nitrogen and oxygen atoms in total. The van der Waals surface area contributed by atoms with E-state index in [1.807, 2.05) is 193 Å². The van der Waals surface area contributed by atoms with Gasteiger partial charge in [-0.1, -0.05) is 155 Å². The number of rotatable bonds is 24. The van der Waals surface area contributed by atoms with E-state index >= 15 is 0 Å². The molecule has 0 spiro atoms. The molecule has 2 N–H and O–H groups in total. The van der Waals surface area contributed by atoms with Gasteiger partial charge in [0.15, 0.2) is 0 Å². The molecule has 2 aliphatic carbocycles. The summed E-state index contributed by atoms with van der Waals surface area (Å²) in [6.07, 6.45) is 11.7. The molecule has 2 aliphatic rings. The molecule has 516 valence electrons. The van der Waals surface area contributed by atoms with Crippen LogP contribution in [0.25, 0.3) is 53.5 Å². The fourth-order valence-corrected chi connectivity index (χ4v) is 15.2. The van der Waals surface area contributed by atoms with Crippen molar-refractivity contribution < 1.29 is 63.3 Å². The molecule has 10 aromatic rings. The second kappa shape index (κ2) is 31.2. The van der Waals surface area contributed by atoms with E-state index in [4.69, 9.17) is 28.9 Å². The Morgan fingerprint density at radius 2 is 0.961 bits per heavy atom. The number of nitrogens with one attached hydrogen (secondary N) is 2. The van der Waals surface area contributed by atoms with Gasteiger partial charge in [-0.2, -0.15) is 45.3 Å². The van der Waals surface area contributed by atoms with Gasteiger partial charge < -0.3 is 27.9 Å². The number of hydrogen-bond donors (Lipinski definition) is 2. The van der Waals surface area contributed by atoms with Gasteiger partial charge in [-0.15, -0.1) is 22.7 Å². The van der Waals surface area contributed by atoms with Crippen molar-refractivity contribution in [3.05, 3.63) is 237 Å². The van der Waals surface area contributed by atoms with E-state index in [0.29, 0.717) is 88.2 Å². The number of nitrogens with zero attached hydrogens (tertiary/aromatic N) is 6. The lowest BCUT2D eigenvalue weighted by Crippen LogP contribution is -2.59. The Kier molecular flexibility index (Phi) is 21.8. The Hall–Kier alpha value is -10.5. The van der Waals surface area contributed by atoms with E-state index in [0.717, 1.165) is 41.5 Å². The van der Waals surface area contributed by atoms with Crippen LogP contribution in [0.1, 0.15) is 61.4 Å². The quantitative estimate of drug-likeness (QED) is 0.0250. The molecule has 102 heavy (non-hydrogen) atoms. The number of nitriles is 2. The van der Waals surface area contributed by atoms with Gasteiger partial charge in [0.05, 0.1) is 70.5 Å². The van der Waals surface area contributed by atoms with E-state index in [9.17, 15) is 54.9 Å². The van der Waals surface area contributed by atoms with Crippen LogP contribution >= 0.6 is 34.6 Å². The zero-order valence-corrected chi connectivity index (χ0v) is 57.8. The molecule has 4 aromatic heterocycles. The number of thiazole rings is 2. The maximum Gasteiger partial charge on any atom is 0.516 e. The third kappa shape index (κ3) is 15.7. The van der Waals surface area contributed by atoms with Crippen LogP contribution in [-0.2, 0) is 29.1 Å². The monoisotopic (exact) mass is 1450 g/mol. The first-order chi connectivity index (χ1) is 49.3. The highest BCUT2D eigenvalue weighted by Crippen LogP contribution is 2.33. The predicted molar refractivity (Wildman–Crippen MR) is 389 cm³/mol. The van der Waals surface area contributed by atoms with Gasteiger partial charge in [0, 0.05) is 46.4 Å². The number of sulfonamides is 1. The minimum absolute atomic E-state index is 0.000836. The Labute approximate surface area is 594 Å². The number of hydrogen-bond acceptors (Lipinski definition) is 15. The lowest BCUT2D eigenvalue weighted by molar-refractivity contribution is -0.120. The van der Waals surface area contributed by atoms with Crippen molar-refractivity contribution in [3.8, 4) is 23.6 Å². The molecule has 0 unspecified atom stereocenters. The van der Waals surface area contributed by atoms with Crippen molar-refractivity contribution in [2.45, 2.75) is 62.4 Å². The van der Waals surface area contributed by atoms with Crippen LogP contribution in [0.3, 0.4) is 0 Å². The number of halogens is 6. The Morgan fingerprint density at radius 3 is 1.30 bits per heavy atom. The van der Waals surface area contributed by atoms with Crippen LogP contribution in [0.5, 0.6) is 11.5 Å². The van der Waals surface area contributed by atoms with Crippen molar-refractivity contribution in [3.63, 3.8) is 0 Å². The predicted octanol–water partition coefficient (Wildman–Crippen LogP) is 10.0. The minimum Gasteiger partial charge on any atom is -0.497 e. The molecule has 0 bridgehead atoms. The SMILES string of the molecule is COc1ccc2sc(/C(C#N)=c3/c4c(=C5C=CC(OCCCCC(=O)NS(=O)(=O)C(F)(F)F)=CC5)n(B(c5ccccc5)c5ccccc5)/c(=C(/C#N)c5nc6cc(OC)ccc6s5)c4c(=C4C=CC(OCCCCC(=O)NSC(F)(F)F)=CC4)n3B(c3ccccc3)c3ccccc3)nc2c1. The molecule has 0 saturated heterocycles. The van der Waals surface area contributed by atoms with Crippen molar-refractivity contribution >= 4 is 146 Å². The number of benzene rings is 6. The molecule has 0 atom stereocenters. The van der Waals surface area contributed by atoms with Crippen LogP contribution in [0.2, 0.25) is 0 Å². The number of methoxy groups -OCH3 is 2. The molecule has 0 aliphatic heterocycles. The molecular formula is C74H60B2F6N8O8S4. The first-order valence-corrected chi connectivity index (χ1v) is 36.1. The summed E-state index contributed by atoms with van der Waals surface area (Å²) in [7, 11) is -2.76. The molecule has 28 heteroatoms. The van der Waals surface area contributed by atoms with Crippen molar-refractivity contribution in [2.24, 2.45) is 0 Å². The fraction of sp³-hybridized carbons (Fsp3) is 0.189. The number of ether oxygens (including phenoxy) is 4. The van der Waals surface area contributed by atoms with Gasteiger partial charge >= 0.3 is 34.7 Å². The number of carbonyl (C=O) groups excluding carboxylic acids is 2. The van der Waals surface area contributed by atoms with Gasteiger partial charge in [0.25, 0.3) is 0 Å². The van der Waals surface area contributed by atoms with Crippen LogP contribution in [-0.4, -0.2) is 91.3 Å². The molecule has 6 aromatic carbocycles.